The van der Waals surface area contributed by atoms with E-state index in [9.17, 15) is 9.18 Å². The number of nitrogens with zero attached hydrogens (tertiary/aromatic N) is 2. The van der Waals surface area contributed by atoms with E-state index in [2.05, 4.69) is 15.5 Å². The van der Waals surface area contributed by atoms with Gasteiger partial charge in [0.15, 0.2) is 0 Å². The number of aryl methyl sites for hydroxylation is 1. The van der Waals surface area contributed by atoms with Crippen LogP contribution in [0.25, 0.3) is 11.5 Å². The zero-order valence-electron chi connectivity index (χ0n) is 14.9. The van der Waals surface area contributed by atoms with Crippen LogP contribution in [0.15, 0.2) is 52.9 Å². The Labute approximate surface area is 156 Å². The highest BCUT2D eigenvalue weighted by Crippen LogP contribution is 2.18. The Bertz CT molecular complexity index is 893. The molecule has 7 heteroatoms. The third-order valence-electron chi connectivity index (χ3n) is 3.99. The first-order chi connectivity index (χ1) is 13.1. The summed E-state index contributed by atoms with van der Waals surface area (Å²) in [4.78, 5) is 12.0. The van der Waals surface area contributed by atoms with Gasteiger partial charge in [0.05, 0.1) is 7.11 Å². The molecular formula is C20H20FN3O3. The SMILES string of the molecule is COc1cccc(CCNC(=O)CCc2nnc(-c3ccc(F)cc3)o2)c1. The van der Waals surface area contributed by atoms with E-state index in [1.54, 1.807) is 19.2 Å². The number of halogens is 1. The van der Waals surface area contributed by atoms with Gasteiger partial charge in [-0.25, -0.2) is 4.39 Å². The second-order valence-corrected chi connectivity index (χ2v) is 5.96. The van der Waals surface area contributed by atoms with E-state index in [-0.39, 0.29) is 18.1 Å². The van der Waals surface area contributed by atoms with Crippen LogP contribution in [-0.2, 0) is 17.6 Å². The molecule has 2 aromatic carbocycles. The van der Waals surface area contributed by atoms with Crippen LogP contribution >= 0.6 is 0 Å². The summed E-state index contributed by atoms with van der Waals surface area (Å²) in [5, 5.41) is 10.7. The standard InChI is InChI=1S/C20H20FN3O3/c1-26-17-4-2-3-14(13-17)11-12-22-18(25)9-10-19-23-24-20(27-19)15-5-7-16(21)8-6-15/h2-8,13H,9-12H2,1H3,(H,22,25). The third kappa shape index (κ3) is 5.37. The van der Waals surface area contributed by atoms with E-state index < -0.39 is 0 Å². The van der Waals surface area contributed by atoms with E-state index >= 15 is 0 Å². The minimum atomic E-state index is -0.330. The van der Waals surface area contributed by atoms with Crippen molar-refractivity contribution in [3.8, 4) is 17.2 Å². The van der Waals surface area contributed by atoms with Crippen LogP contribution < -0.4 is 10.1 Å². The Hall–Kier alpha value is -3.22. The molecule has 0 unspecified atom stereocenters. The molecule has 27 heavy (non-hydrogen) atoms. The van der Waals surface area contributed by atoms with E-state index in [0.717, 1.165) is 17.7 Å². The molecule has 1 amide bonds. The average Bonchev–Trinajstić information content (AvgIpc) is 3.16. The van der Waals surface area contributed by atoms with Crippen LogP contribution in [0.3, 0.4) is 0 Å². The molecule has 0 aliphatic rings. The van der Waals surface area contributed by atoms with Crippen LogP contribution in [0.5, 0.6) is 5.75 Å². The lowest BCUT2D eigenvalue weighted by Crippen LogP contribution is -2.25. The van der Waals surface area contributed by atoms with Crippen molar-refractivity contribution >= 4 is 5.91 Å². The summed E-state index contributed by atoms with van der Waals surface area (Å²) in [7, 11) is 1.62. The maximum absolute atomic E-state index is 12.9. The monoisotopic (exact) mass is 369 g/mol. The number of aromatic nitrogens is 2. The Morgan fingerprint density at radius 1 is 1.15 bits per heavy atom. The van der Waals surface area contributed by atoms with Crippen molar-refractivity contribution in [2.45, 2.75) is 19.3 Å². The molecule has 1 heterocycles. The Morgan fingerprint density at radius 2 is 1.96 bits per heavy atom. The number of rotatable bonds is 8. The molecule has 3 rings (SSSR count). The number of amides is 1. The second kappa shape index (κ2) is 8.93. The number of ether oxygens (including phenoxy) is 1. The summed E-state index contributed by atoms with van der Waals surface area (Å²) < 4.78 is 23.6. The number of carbonyl (C=O) groups excluding carboxylic acids is 1. The van der Waals surface area contributed by atoms with Gasteiger partial charge in [-0.2, -0.15) is 0 Å². The van der Waals surface area contributed by atoms with Gasteiger partial charge in [-0.05, 0) is 48.4 Å². The molecule has 6 nitrogen and oxygen atoms in total. The highest BCUT2D eigenvalue weighted by Gasteiger charge is 2.10. The van der Waals surface area contributed by atoms with Crippen LogP contribution in [0.1, 0.15) is 17.9 Å². The fourth-order valence-corrected chi connectivity index (χ4v) is 2.55. The normalized spacial score (nSPS) is 10.6. The summed E-state index contributed by atoms with van der Waals surface area (Å²) in [6.07, 6.45) is 1.32. The number of hydrogen-bond acceptors (Lipinski definition) is 5. The first kappa shape index (κ1) is 18.6. The second-order valence-electron chi connectivity index (χ2n) is 5.96. The quantitative estimate of drug-likeness (QED) is 0.660. The fourth-order valence-electron chi connectivity index (χ4n) is 2.55. The predicted octanol–water partition coefficient (Wildman–Crippen LogP) is 3.18. The minimum Gasteiger partial charge on any atom is -0.497 e. The Balaban J connectivity index is 1.43. The van der Waals surface area contributed by atoms with Gasteiger partial charge in [0.25, 0.3) is 0 Å². The molecule has 0 spiro atoms. The maximum Gasteiger partial charge on any atom is 0.247 e. The van der Waals surface area contributed by atoms with Gasteiger partial charge >= 0.3 is 0 Å². The van der Waals surface area contributed by atoms with Crippen LogP contribution in [-0.4, -0.2) is 29.8 Å². The summed E-state index contributed by atoms with van der Waals surface area (Å²) in [6, 6.07) is 13.5. The van der Waals surface area contributed by atoms with Gasteiger partial charge in [0, 0.05) is 24.9 Å². The van der Waals surface area contributed by atoms with Gasteiger partial charge in [-0.3, -0.25) is 4.79 Å². The molecule has 0 atom stereocenters. The smallest absolute Gasteiger partial charge is 0.247 e. The summed E-state index contributed by atoms with van der Waals surface area (Å²) in [5.74, 6) is 1.07. The van der Waals surface area contributed by atoms with Crippen molar-refractivity contribution in [1.29, 1.82) is 0 Å². The largest absolute Gasteiger partial charge is 0.497 e. The van der Waals surface area contributed by atoms with Crippen LogP contribution in [0.4, 0.5) is 4.39 Å². The number of benzene rings is 2. The van der Waals surface area contributed by atoms with E-state index in [1.165, 1.54) is 12.1 Å². The molecule has 0 bridgehead atoms. The van der Waals surface area contributed by atoms with Gasteiger partial charge in [-0.1, -0.05) is 12.1 Å². The lowest BCUT2D eigenvalue weighted by molar-refractivity contribution is -0.121. The average molecular weight is 369 g/mol. The number of hydrogen-bond donors (Lipinski definition) is 1. The van der Waals surface area contributed by atoms with E-state index in [4.69, 9.17) is 9.15 Å². The zero-order chi connectivity index (χ0) is 19.1. The van der Waals surface area contributed by atoms with Gasteiger partial charge in [0.2, 0.25) is 17.7 Å². The number of carbonyl (C=O) groups is 1. The summed E-state index contributed by atoms with van der Waals surface area (Å²) in [5.41, 5.74) is 1.73. The fraction of sp³-hybridized carbons (Fsp3) is 0.250. The van der Waals surface area contributed by atoms with Crippen molar-refractivity contribution < 1.29 is 18.3 Å². The summed E-state index contributed by atoms with van der Waals surface area (Å²) >= 11 is 0. The van der Waals surface area contributed by atoms with Crippen LogP contribution in [0, 0.1) is 5.82 Å². The molecule has 0 aliphatic heterocycles. The van der Waals surface area contributed by atoms with Crippen molar-refractivity contribution in [2.75, 3.05) is 13.7 Å². The number of methoxy groups -OCH3 is 1. The van der Waals surface area contributed by atoms with Crippen molar-refractivity contribution in [3.05, 3.63) is 65.8 Å². The van der Waals surface area contributed by atoms with E-state index in [0.29, 0.717) is 30.3 Å². The number of nitrogens with one attached hydrogen (secondary N) is 1. The van der Waals surface area contributed by atoms with Gasteiger partial charge in [-0.15, -0.1) is 10.2 Å². The molecule has 0 aliphatic carbocycles. The maximum atomic E-state index is 12.9. The highest BCUT2D eigenvalue weighted by atomic mass is 19.1. The Kier molecular flexibility index (Phi) is 6.14. The molecule has 0 radical (unpaired) electrons. The van der Waals surface area contributed by atoms with Crippen molar-refractivity contribution in [2.24, 2.45) is 0 Å². The van der Waals surface area contributed by atoms with Crippen molar-refractivity contribution in [1.82, 2.24) is 15.5 Å². The van der Waals surface area contributed by atoms with E-state index in [1.807, 2.05) is 24.3 Å². The molecule has 0 fully saturated rings. The van der Waals surface area contributed by atoms with Crippen LogP contribution in [0.2, 0.25) is 0 Å². The zero-order valence-corrected chi connectivity index (χ0v) is 14.9. The summed E-state index contributed by atoms with van der Waals surface area (Å²) in [6.45, 7) is 0.538. The third-order valence-corrected chi connectivity index (χ3v) is 3.99. The molecular weight excluding hydrogens is 349 g/mol. The highest BCUT2D eigenvalue weighted by molar-refractivity contribution is 5.76. The predicted molar refractivity (Wildman–Crippen MR) is 97.7 cm³/mol. The Morgan fingerprint density at radius 3 is 2.74 bits per heavy atom. The van der Waals surface area contributed by atoms with Crippen molar-refractivity contribution in [3.63, 3.8) is 0 Å². The molecule has 0 saturated heterocycles. The van der Waals surface area contributed by atoms with Gasteiger partial charge in [0.1, 0.15) is 11.6 Å². The minimum absolute atomic E-state index is 0.0839. The first-order valence-corrected chi connectivity index (χ1v) is 8.62. The molecule has 0 saturated carbocycles. The lowest BCUT2D eigenvalue weighted by Gasteiger charge is -2.06. The topological polar surface area (TPSA) is 77.2 Å². The molecule has 1 N–H and O–H groups in total. The van der Waals surface area contributed by atoms with Gasteiger partial charge < -0.3 is 14.5 Å². The first-order valence-electron chi connectivity index (χ1n) is 8.62. The lowest BCUT2D eigenvalue weighted by atomic mass is 10.1. The molecule has 3 aromatic rings. The molecule has 1 aromatic heterocycles. The molecule has 140 valence electrons.